The molecular formula is C17H28Na3O6P. The smallest absolute Gasteiger partial charge is 0.822 e. The van der Waals surface area contributed by atoms with Crippen LogP contribution in [-0.4, -0.2) is 18.3 Å². The van der Waals surface area contributed by atoms with Crippen LogP contribution in [0.25, 0.3) is 0 Å². The van der Waals surface area contributed by atoms with E-state index in [0.717, 1.165) is 12.2 Å². The third-order valence-corrected chi connectivity index (χ3v) is 3.37. The van der Waals surface area contributed by atoms with Crippen molar-refractivity contribution in [3.63, 3.8) is 0 Å². The quantitative estimate of drug-likeness (QED) is 0.213. The summed E-state index contributed by atoms with van der Waals surface area (Å²) in [5.41, 5.74) is 1.27. The van der Waals surface area contributed by atoms with Gasteiger partial charge in [0.05, 0.1) is 6.61 Å². The molecule has 10 heteroatoms. The van der Waals surface area contributed by atoms with Crippen LogP contribution in [0, 0.1) is 0 Å². The van der Waals surface area contributed by atoms with E-state index in [0.29, 0.717) is 6.61 Å². The van der Waals surface area contributed by atoms with E-state index in [1.54, 1.807) is 0 Å². The van der Waals surface area contributed by atoms with Gasteiger partial charge in [-0.2, -0.15) is 7.82 Å². The second kappa shape index (κ2) is 24.4. The first-order valence-corrected chi connectivity index (χ1v) is 9.89. The largest absolute Gasteiger partial charge is 1.00 e. The fourth-order valence-corrected chi connectivity index (χ4v) is 2.28. The Morgan fingerprint density at radius 1 is 0.926 bits per heavy atom. The number of ether oxygens (including phenoxy) is 1. The van der Waals surface area contributed by atoms with Gasteiger partial charge in [0.2, 0.25) is 0 Å². The first kappa shape index (κ1) is 36.5. The summed E-state index contributed by atoms with van der Waals surface area (Å²) in [6.45, 7) is 2.71. The summed E-state index contributed by atoms with van der Waals surface area (Å²) in [4.78, 5) is 25.6. The number of hydrogen-bond acceptors (Lipinski definition) is 6. The van der Waals surface area contributed by atoms with Crippen LogP contribution >= 0.6 is 7.82 Å². The van der Waals surface area contributed by atoms with Crippen molar-refractivity contribution in [1.29, 1.82) is 0 Å². The Hall–Kier alpha value is 2.09. The van der Waals surface area contributed by atoms with Gasteiger partial charge in [-0.05, 0) is 24.5 Å². The maximum Gasteiger partial charge on any atom is 1.00 e. The molecule has 1 aromatic rings. The fourth-order valence-electron chi connectivity index (χ4n) is 2.28. The molecule has 0 aliphatic heterocycles. The third kappa shape index (κ3) is 28.1. The molecule has 1 rings (SSSR count). The van der Waals surface area contributed by atoms with Crippen molar-refractivity contribution >= 4 is 7.82 Å². The summed E-state index contributed by atoms with van der Waals surface area (Å²) >= 11 is 0. The Morgan fingerprint density at radius 3 is 1.93 bits per heavy atom. The Bertz CT molecular complexity index is 465. The van der Waals surface area contributed by atoms with Gasteiger partial charge in [0.25, 0.3) is 0 Å². The number of rotatable bonds is 11. The molecule has 0 saturated carbocycles. The molecule has 0 amide bonds. The van der Waals surface area contributed by atoms with Crippen LogP contribution in [0.1, 0.15) is 57.4 Å². The molecule has 0 aliphatic rings. The van der Waals surface area contributed by atoms with Gasteiger partial charge in [0.15, 0.2) is 0 Å². The molecule has 1 aromatic carbocycles. The fraction of sp³-hybridized carbons (Fsp3) is 0.647. The standard InChI is InChI=1S/C17H28O2.3Na.H3O4P/c1-2-3-4-5-6-7-8-11-16-12-9-10-13-17(16)19-15-14-18;;;;1-5(2,3)4/h9-10,12-13,18H,2-8,11,14-15H2,1H3;;;;(H3,1,2,3,4)/q;3*+1;/p-3. The van der Waals surface area contributed by atoms with Gasteiger partial charge < -0.3 is 29.1 Å². The monoisotopic (exact) mass is 428 g/mol. The molecule has 0 radical (unpaired) electrons. The van der Waals surface area contributed by atoms with Gasteiger partial charge >= 0.3 is 88.7 Å². The van der Waals surface area contributed by atoms with Gasteiger partial charge in [-0.1, -0.05) is 63.6 Å². The summed E-state index contributed by atoms with van der Waals surface area (Å²) in [7, 11) is -5.39. The van der Waals surface area contributed by atoms with Crippen molar-refractivity contribution in [3.05, 3.63) is 29.8 Å². The molecule has 0 spiro atoms. The third-order valence-electron chi connectivity index (χ3n) is 3.37. The van der Waals surface area contributed by atoms with Crippen LogP contribution in [0.3, 0.4) is 0 Å². The van der Waals surface area contributed by atoms with Crippen LogP contribution in [0.15, 0.2) is 24.3 Å². The van der Waals surface area contributed by atoms with Gasteiger partial charge in [0, 0.05) is 0 Å². The molecule has 0 fully saturated rings. The van der Waals surface area contributed by atoms with E-state index < -0.39 is 7.82 Å². The zero-order valence-electron chi connectivity index (χ0n) is 17.3. The maximum absolute atomic E-state index is 8.81. The van der Waals surface area contributed by atoms with Crippen molar-refractivity contribution < 1.29 is 118 Å². The molecule has 0 saturated heterocycles. The van der Waals surface area contributed by atoms with Crippen molar-refractivity contribution in [2.45, 2.75) is 58.3 Å². The molecule has 27 heavy (non-hydrogen) atoms. The van der Waals surface area contributed by atoms with E-state index in [-0.39, 0.29) is 95.3 Å². The van der Waals surface area contributed by atoms with Gasteiger partial charge in [0.1, 0.15) is 12.4 Å². The number of phosphoric acid groups is 1. The Balaban J connectivity index is -0.000000294. The summed E-state index contributed by atoms with van der Waals surface area (Å²) < 4.78 is 14.1. The number of unbranched alkanes of at least 4 members (excludes halogenated alkanes) is 6. The molecule has 0 unspecified atom stereocenters. The first-order valence-electron chi connectivity index (χ1n) is 8.43. The van der Waals surface area contributed by atoms with Crippen LogP contribution in [-0.2, 0) is 11.0 Å². The van der Waals surface area contributed by atoms with Crippen molar-refractivity contribution in [2.75, 3.05) is 13.2 Å². The predicted molar refractivity (Wildman–Crippen MR) is 88.3 cm³/mol. The zero-order chi connectivity index (χ0) is 18.3. The number of para-hydroxylation sites is 1. The topological polar surface area (TPSA) is 116 Å². The normalized spacial score (nSPS) is 9.67. The van der Waals surface area contributed by atoms with E-state index in [9.17, 15) is 0 Å². The average molecular weight is 428 g/mol. The number of aliphatic hydroxyl groups excluding tert-OH is 1. The Kier molecular flexibility index (Phi) is 32.9. The van der Waals surface area contributed by atoms with Gasteiger partial charge in [-0.3, -0.25) is 0 Å². The minimum Gasteiger partial charge on any atom is -0.822 e. The number of aliphatic hydroxyl groups is 1. The first-order chi connectivity index (χ1) is 11.4. The molecule has 0 heterocycles. The van der Waals surface area contributed by atoms with Crippen LogP contribution < -0.4 is 108 Å². The molecule has 0 aromatic heterocycles. The number of aryl methyl sites for hydroxylation is 1. The minimum atomic E-state index is -5.39. The molecule has 0 atom stereocenters. The number of benzene rings is 1. The summed E-state index contributed by atoms with van der Waals surface area (Å²) in [6, 6.07) is 8.17. The number of hydrogen-bond donors (Lipinski definition) is 1. The molecule has 1 N–H and O–H groups in total. The second-order valence-electron chi connectivity index (χ2n) is 5.50. The Morgan fingerprint density at radius 2 is 1.41 bits per heavy atom. The van der Waals surface area contributed by atoms with Crippen molar-refractivity contribution in [2.24, 2.45) is 0 Å². The molecular weight excluding hydrogens is 400 g/mol. The average Bonchev–Trinajstić information content (AvgIpc) is 2.51. The van der Waals surface area contributed by atoms with E-state index in [4.69, 9.17) is 29.1 Å². The minimum absolute atomic E-state index is 0. The van der Waals surface area contributed by atoms with Gasteiger partial charge in [-0.25, -0.2) is 0 Å². The van der Waals surface area contributed by atoms with E-state index in [2.05, 4.69) is 19.1 Å². The summed E-state index contributed by atoms with van der Waals surface area (Å²) in [5, 5.41) is 8.81. The summed E-state index contributed by atoms with van der Waals surface area (Å²) in [5.74, 6) is 0.933. The van der Waals surface area contributed by atoms with E-state index in [1.165, 1.54) is 50.5 Å². The molecule has 6 nitrogen and oxygen atoms in total. The van der Waals surface area contributed by atoms with E-state index in [1.807, 2.05) is 12.1 Å². The Labute approximate surface area is 230 Å². The van der Waals surface area contributed by atoms with E-state index >= 15 is 0 Å². The van der Waals surface area contributed by atoms with Crippen molar-refractivity contribution in [3.8, 4) is 5.75 Å². The van der Waals surface area contributed by atoms with Crippen LogP contribution in [0.4, 0.5) is 0 Å². The van der Waals surface area contributed by atoms with Crippen LogP contribution in [0.5, 0.6) is 5.75 Å². The SMILES string of the molecule is CCCCCCCCCc1ccccc1OCCO.O=P([O-])([O-])[O-].[Na+].[Na+].[Na+]. The molecule has 0 bridgehead atoms. The maximum atomic E-state index is 8.81. The molecule has 140 valence electrons. The van der Waals surface area contributed by atoms with Gasteiger partial charge in [-0.15, -0.1) is 0 Å². The zero-order valence-corrected chi connectivity index (χ0v) is 24.2. The molecule has 0 aliphatic carbocycles. The van der Waals surface area contributed by atoms with Crippen LogP contribution in [0.2, 0.25) is 0 Å². The summed E-state index contributed by atoms with van der Waals surface area (Å²) in [6.07, 6.45) is 10.4. The van der Waals surface area contributed by atoms with Crippen molar-refractivity contribution in [1.82, 2.24) is 0 Å². The second-order valence-corrected chi connectivity index (χ2v) is 6.39. The predicted octanol–water partition coefficient (Wildman–Crippen LogP) is -7.46.